The molecule has 0 aliphatic carbocycles. The van der Waals surface area contributed by atoms with Gasteiger partial charge in [-0.25, -0.2) is 0 Å². The van der Waals surface area contributed by atoms with E-state index in [0.29, 0.717) is 13.2 Å². The average molecular weight is 185 g/mol. The maximum Gasteiger partial charge on any atom is 0.153 e. The molecule has 0 spiro atoms. The quantitative estimate of drug-likeness (QED) is 0.712. The first-order valence-electron chi connectivity index (χ1n) is 5.00. The van der Waals surface area contributed by atoms with Crippen molar-refractivity contribution in [2.75, 3.05) is 13.2 Å². The fourth-order valence-corrected chi connectivity index (χ4v) is 1.58. The van der Waals surface area contributed by atoms with E-state index in [1.54, 1.807) is 0 Å². The van der Waals surface area contributed by atoms with E-state index in [0.717, 1.165) is 12.8 Å². The van der Waals surface area contributed by atoms with E-state index in [4.69, 9.17) is 10.5 Å². The Bertz CT molecular complexity index is 174. The third-order valence-corrected chi connectivity index (χ3v) is 2.67. The fraction of sp³-hybridized carbons (Fsp3) is 0.900. The molecular weight excluding hydrogens is 166 g/mol. The predicted molar refractivity (Wildman–Crippen MR) is 51.4 cm³/mol. The van der Waals surface area contributed by atoms with E-state index in [1.165, 1.54) is 0 Å². The average Bonchev–Trinajstić information content (AvgIpc) is 2.17. The molecule has 0 amide bonds. The zero-order valence-electron chi connectivity index (χ0n) is 8.45. The third-order valence-electron chi connectivity index (χ3n) is 2.67. The molecule has 13 heavy (non-hydrogen) atoms. The van der Waals surface area contributed by atoms with Crippen LogP contribution >= 0.6 is 0 Å². The summed E-state index contributed by atoms with van der Waals surface area (Å²) in [6, 6.07) is -0.289. The van der Waals surface area contributed by atoms with Gasteiger partial charge in [-0.3, -0.25) is 4.79 Å². The second-order valence-electron chi connectivity index (χ2n) is 4.06. The number of ketones is 1. The van der Waals surface area contributed by atoms with Crippen LogP contribution in [0.25, 0.3) is 0 Å². The summed E-state index contributed by atoms with van der Waals surface area (Å²) < 4.78 is 5.20. The van der Waals surface area contributed by atoms with Crippen molar-refractivity contribution in [1.82, 2.24) is 0 Å². The summed E-state index contributed by atoms with van der Waals surface area (Å²) in [6.07, 6.45) is 1.69. The largest absolute Gasteiger partial charge is 0.381 e. The van der Waals surface area contributed by atoms with Crippen molar-refractivity contribution in [2.45, 2.75) is 32.7 Å². The molecule has 1 aliphatic heterocycles. The van der Waals surface area contributed by atoms with Crippen LogP contribution in [0.3, 0.4) is 0 Å². The number of nitrogens with two attached hydrogens (primary N) is 1. The fourth-order valence-electron chi connectivity index (χ4n) is 1.58. The van der Waals surface area contributed by atoms with Crippen LogP contribution in [0.5, 0.6) is 0 Å². The Hall–Kier alpha value is -0.410. The molecule has 0 aromatic heterocycles. The molecule has 1 atom stereocenters. The Morgan fingerprint density at radius 3 is 2.38 bits per heavy atom. The zero-order chi connectivity index (χ0) is 9.84. The van der Waals surface area contributed by atoms with Gasteiger partial charge in [0.1, 0.15) is 0 Å². The first-order chi connectivity index (χ1) is 6.13. The lowest BCUT2D eigenvalue weighted by Crippen LogP contribution is -2.41. The molecule has 3 nitrogen and oxygen atoms in total. The van der Waals surface area contributed by atoms with Gasteiger partial charge in [0.15, 0.2) is 5.78 Å². The molecule has 0 radical (unpaired) electrons. The molecular formula is C10H19NO2. The van der Waals surface area contributed by atoms with Crippen LogP contribution < -0.4 is 5.73 Å². The minimum absolute atomic E-state index is 0.145. The summed E-state index contributed by atoms with van der Waals surface area (Å²) in [4.78, 5) is 11.8. The van der Waals surface area contributed by atoms with E-state index in [2.05, 4.69) is 0 Å². The SMILES string of the molecule is CC(C)C(N)C(=O)C1CCOCC1. The normalized spacial score (nSPS) is 21.8. The number of carbonyl (C=O) groups excluding carboxylic acids is 1. The molecule has 1 unspecified atom stereocenters. The summed E-state index contributed by atoms with van der Waals surface area (Å²) in [7, 11) is 0. The smallest absolute Gasteiger partial charge is 0.153 e. The Morgan fingerprint density at radius 2 is 1.92 bits per heavy atom. The highest BCUT2D eigenvalue weighted by atomic mass is 16.5. The highest BCUT2D eigenvalue weighted by molar-refractivity contribution is 5.86. The first-order valence-corrected chi connectivity index (χ1v) is 5.00. The molecule has 1 rings (SSSR count). The summed E-state index contributed by atoms with van der Waals surface area (Å²) >= 11 is 0. The second-order valence-corrected chi connectivity index (χ2v) is 4.06. The maximum atomic E-state index is 11.8. The molecule has 0 saturated carbocycles. The number of rotatable bonds is 3. The minimum Gasteiger partial charge on any atom is -0.381 e. The Balaban J connectivity index is 2.45. The number of ether oxygens (including phenoxy) is 1. The monoisotopic (exact) mass is 185 g/mol. The first kappa shape index (κ1) is 10.7. The van der Waals surface area contributed by atoms with Crippen LogP contribution in [0.2, 0.25) is 0 Å². The maximum absolute atomic E-state index is 11.8. The van der Waals surface area contributed by atoms with E-state index in [-0.39, 0.29) is 23.7 Å². The van der Waals surface area contributed by atoms with Crippen LogP contribution in [0.4, 0.5) is 0 Å². The summed E-state index contributed by atoms with van der Waals surface area (Å²) in [5.74, 6) is 0.611. The highest BCUT2D eigenvalue weighted by Crippen LogP contribution is 2.18. The van der Waals surface area contributed by atoms with E-state index in [1.807, 2.05) is 13.8 Å². The summed E-state index contributed by atoms with van der Waals surface area (Å²) in [5, 5.41) is 0. The molecule has 1 heterocycles. The van der Waals surface area contributed by atoms with Crippen molar-refractivity contribution in [3.8, 4) is 0 Å². The van der Waals surface area contributed by atoms with Crippen molar-refractivity contribution in [2.24, 2.45) is 17.6 Å². The van der Waals surface area contributed by atoms with E-state index < -0.39 is 0 Å². The van der Waals surface area contributed by atoms with Crippen molar-refractivity contribution < 1.29 is 9.53 Å². The molecule has 2 N–H and O–H groups in total. The molecule has 76 valence electrons. The predicted octanol–water partition coefficient (Wildman–Crippen LogP) is 0.965. The number of hydrogen-bond donors (Lipinski definition) is 1. The van der Waals surface area contributed by atoms with Gasteiger partial charge in [0.25, 0.3) is 0 Å². The standard InChI is InChI=1S/C10H19NO2/c1-7(2)9(11)10(12)8-3-5-13-6-4-8/h7-9H,3-6,11H2,1-2H3. The Kier molecular flexibility index (Phi) is 3.88. The molecule has 1 aliphatic rings. The summed E-state index contributed by atoms with van der Waals surface area (Å²) in [6.45, 7) is 5.40. The molecule has 3 heteroatoms. The van der Waals surface area contributed by atoms with Gasteiger partial charge in [0, 0.05) is 19.1 Å². The van der Waals surface area contributed by atoms with Gasteiger partial charge in [0.2, 0.25) is 0 Å². The molecule has 0 aromatic carbocycles. The van der Waals surface area contributed by atoms with Gasteiger partial charge in [-0.05, 0) is 18.8 Å². The van der Waals surface area contributed by atoms with Crippen molar-refractivity contribution in [3.05, 3.63) is 0 Å². The lowest BCUT2D eigenvalue weighted by atomic mass is 9.87. The van der Waals surface area contributed by atoms with Crippen molar-refractivity contribution in [1.29, 1.82) is 0 Å². The minimum atomic E-state index is -0.289. The molecule has 1 fully saturated rings. The van der Waals surface area contributed by atoms with Gasteiger partial charge in [-0.2, -0.15) is 0 Å². The van der Waals surface area contributed by atoms with Crippen molar-refractivity contribution in [3.63, 3.8) is 0 Å². The van der Waals surface area contributed by atoms with Gasteiger partial charge in [-0.15, -0.1) is 0 Å². The van der Waals surface area contributed by atoms with Crippen LogP contribution in [-0.2, 0) is 9.53 Å². The van der Waals surface area contributed by atoms with Crippen LogP contribution in [-0.4, -0.2) is 25.0 Å². The van der Waals surface area contributed by atoms with Gasteiger partial charge in [0.05, 0.1) is 6.04 Å². The highest BCUT2D eigenvalue weighted by Gasteiger charge is 2.27. The third kappa shape index (κ3) is 2.78. The van der Waals surface area contributed by atoms with Crippen molar-refractivity contribution >= 4 is 5.78 Å². The lowest BCUT2D eigenvalue weighted by molar-refractivity contribution is -0.127. The zero-order valence-corrected chi connectivity index (χ0v) is 8.45. The topological polar surface area (TPSA) is 52.3 Å². The number of carbonyl (C=O) groups is 1. The van der Waals surface area contributed by atoms with Crippen LogP contribution in [0.15, 0.2) is 0 Å². The van der Waals surface area contributed by atoms with Gasteiger partial charge in [-0.1, -0.05) is 13.8 Å². The molecule has 0 aromatic rings. The Morgan fingerprint density at radius 1 is 1.38 bits per heavy atom. The van der Waals surface area contributed by atoms with Crippen LogP contribution in [0.1, 0.15) is 26.7 Å². The van der Waals surface area contributed by atoms with Crippen LogP contribution in [0, 0.1) is 11.8 Å². The van der Waals surface area contributed by atoms with E-state index >= 15 is 0 Å². The van der Waals surface area contributed by atoms with Gasteiger partial charge < -0.3 is 10.5 Å². The molecule has 1 saturated heterocycles. The second kappa shape index (κ2) is 4.72. The number of hydrogen-bond acceptors (Lipinski definition) is 3. The van der Waals surface area contributed by atoms with Gasteiger partial charge >= 0.3 is 0 Å². The summed E-state index contributed by atoms with van der Waals surface area (Å²) in [5.41, 5.74) is 5.80. The number of Topliss-reactive ketones (excluding diaryl/α,β-unsaturated/α-hetero) is 1. The lowest BCUT2D eigenvalue weighted by Gasteiger charge is -2.25. The molecule has 0 bridgehead atoms. The van der Waals surface area contributed by atoms with E-state index in [9.17, 15) is 4.79 Å². The Labute approximate surface area is 79.6 Å².